The molecule has 0 aliphatic carbocycles. The molecule has 0 bridgehead atoms. The van der Waals surface area contributed by atoms with Gasteiger partial charge in [-0.2, -0.15) is 0 Å². The van der Waals surface area contributed by atoms with Crippen molar-refractivity contribution in [3.05, 3.63) is 34.1 Å². The van der Waals surface area contributed by atoms with Crippen LogP contribution in [0.2, 0.25) is 0 Å². The van der Waals surface area contributed by atoms with E-state index in [1.165, 1.54) is 0 Å². The van der Waals surface area contributed by atoms with Gasteiger partial charge in [-0.25, -0.2) is 8.60 Å². The molecule has 0 spiro atoms. The molecule has 1 aromatic carbocycles. The molecule has 0 amide bonds. The third kappa shape index (κ3) is 2.06. The van der Waals surface area contributed by atoms with Crippen molar-refractivity contribution in [3.63, 3.8) is 0 Å². The van der Waals surface area contributed by atoms with E-state index in [0.717, 1.165) is 12.1 Å². The fourth-order valence-corrected chi connectivity index (χ4v) is 1.57. The smallest absolute Gasteiger partial charge is 0.258 e. The van der Waals surface area contributed by atoms with Crippen LogP contribution in [-0.2, 0) is 9.71 Å². The fraction of sp³-hybridized carbons (Fsp3) is 0. The summed E-state index contributed by atoms with van der Waals surface area (Å²) in [6.07, 6.45) is 0. The van der Waals surface area contributed by atoms with Crippen LogP contribution in [0, 0.1) is 15.9 Å². The molecule has 0 aromatic heterocycles. The van der Waals surface area contributed by atoms with E-state index in [1.807, 2.05) is 0 Å². The van der Waals surface area contributed by atoms with Crippen molar-refractivity contribution in [1.29, 1.82) is 0 Å². The maximum absolute atomic E-state index is 13.1. The number of hydrogen-bond donors (Lipinski definition) is 1. The number of rotatable bonds is 2. The maximum Gasteiger partial charge on any atom is 0.272 e. The van der Waals surface area contributed by atoms with Crippen LogP contribution in [0.3, 0.4) is 0 Å². The Kier molecular flexibility index (Phi) is 2.54. The first-order valence-electron chi connectivity index (χ1n) is 3.41. The lowest BCUT2D eigenvalue weighted by atomic mass is 10.3. The van der Waals surface area contributed by atoms with Gasteiger partial charge in [0, 0.05) is 6.07 Å². The summed E-state index contributed by atoms with van der Waals surface area (Å²) in [5, 5.41) is 15.3. The summed E-state index contributed by atoms with van der Waals surface area (Å²) in [6, 6.07) is 2.69. The second kappa shape index (κ2) is 3.35. The highest BCUT2D eigenvalue weighted by Gasteiger charge is 2.14. The number of halogens is 1. The highest BCUT2D eigenvalue weighted by molar-refractivity contribution is 7.98. The van der Waals surface area contributed by atoms with Gasteiger partial charge in [0.15, 0.2) is 0 Å². The van der Waals surface area contributed by atoms with Crippen LogP contribution in [0.15, 0.2) is 23.1 Å². The van der Waals surface area contributed by atoms with E-state index in [2.05, 4.69) is 5.87 Å². The molecular weight excluding hydrogens is 211 g/mol. The Morgan fingerprint density at radius 1 is 1.57 bits per heavy atom. The number of nitrogens with zero attached hydrogens (tertiary/aromatic N) is 1. The normalized spacial score (nSPS) is 14.7. The van der Waals surface area contributed by atoms with Crippen molar-refractivity contribution >= 4 is 21.3 Å². The minimum absolute atomic E-state index is 0.317. The lowest BCUT2D eigenvalue weighted by Crippen LogP contribution is -2.13. The molecule has 0 aliphatic heterocycles. The maximum atomic E-state index is 13.1. The van der Waals surface area contributed by atoms with Crippen LogP contribution in [0.25, 0.3) is 0 Å². The predicted molar refractivity (Wildman–Crippen MR) is 50.8 cm³/mol. The van der Waals surface area contributed by atoms with Crippen LogP contribution in [0.5, 0.6) is 0 Å². The van der Waals surface area contributed by atoms with Crippen LogP contribution >= 0.6 is 0 Å². The third-order valence-corrected chi connectivity index (χ3v) is 2.57. The van der Waals surface area contributed by atoms with Gasteiger partial charge in [0.25, 0.3) is 5.69 Å². The molecular formula is C7H7FN2O3S. The Balaban J connectivity index is 3.35. The van der Waals surface area contributed by atoms with Crippen LogP contribution in [0.4, 0.5) is 10.1 Å². The summed E-state index contributed by atoms with van der Waals surface area (Å²) >= 11 is 0. The summed E-state index contributed by atoms with van der Waals surface area (Å²) in [7, 11) is -3.17. The molecule has 0 fully saturated rings. The Hall–Kier alpha value is -1.47. The number of benzene rings is 1. The number of nitrogens with two attached hydrogens (primary N) is 1. The lowest BCUT2D eigenvalue weighted by molar-refractivity contribution is -0.385. The Morgan fingerprint density at radius 3 is 2.50 bits per heavy atom. The average molecular weight is 218 g/mol. The minimum Gasteiger partial charge on any atom is -0.258 e. The van der Waals surface area contributed by atoms with Crippen molar-refractivity contribution in [2.45, 2.75) is 4.90 Å². The van der Waals surface area contributed by atoms with Gasteiger partial charge < -0.3 is 0 Å². The van der Waals surface area contributed by atoms with Crippen molar-refractivity contribution in [1.82, 2.24) is 0 Å². The van der Waals surface area contributed by atoms with Gasteiger partial charge in [0.05, 0.1) is 25.6 Å². The zero-order chi connectivity index (χ0) is 10.9. The first-order chi connectivity index (χ1) is 6.32. The molecule has 76 valence electrons. The Labute approximate surface area is 79.6 Å². The van der Waals surface area contributed by atoms with Crippen molar-refractivity contribution in [2.24, 2.45) is 5.14 Å². The van der Waals surface area contributed by atoms with Crippen molar-refractivity contribution in [3.8, 4) is 0 Å². The molecule has 0 saturated carbocycles. The number of hydrogen-bond acceptors (Lipinski definition) is 3. The van der Waals surface area contributed by atoms with Gasteiger partial charge in [-0.3, -0.25) is 15.3 Å². The van der Waals surface area contributed by atoms with Crippen LogP contribution < -0.4 is 5.14 Å². The van der Waals surface area contributed by atoms with Gasteiger partial charge in [0.2, 0.25) is 0 Å². The SMILES string of the molecule is C=S(N)(=O)c1ccc([N+](=O)[O-])cc1F. The zero-order valence-electron chi connectivity index (χ0n) is 6.97. The van der Waals surface area contributed by atoms with Crippen LogP contribution in [-0.4, -0.2) is 15.0 Å². The first-order valence-corrected chi connectivity index (χ1v) is 5.20. The molecule has 5 nitrogen and oxygen atoms in total. The second-order valence-corrected chi connectivity index (χ2v) is 4.49. The molecule has 1 atom stereocenters. The summed E-state index contributed by atoms with van der Waals surface area (Å²) < 4.78 is 24.3. The molecule has 2 N–H and O–H groups in total. The summed E-state index contributed by atoms with van der Waals surface area (Å²) in [5.74, 6) is 2.09. The topological polar surface area (TPSA) is 86.2 Å². The van der Waals surface area contributed by atoms with Gasteiger partial charge >= 0.3 is 0 Å². The van der Waals surface area contributed by atoms with E-state index < -0.39 is 26.1 Å². The van der Waals surface area contributed by atoms with E-state index in [1.54, 1.807) is 0 Å². The minimum atomic E-state index is -3.17. The van der Waals surface area contributed by atoms with E-state index >= 15 is 0 Å². The molecule has 0 radical (unpaired) electrons. The number of non-ortho nitro benzene ring substituents is 1. The van der Waals surface area contributed by atoms with Crippen LogP contribution in [0.1, 0.15) is 0 Å². The summed E-state index contributed by atoms with van der Waals surface area (Å²) in [4.78, 5) is 9.16. The molecule has 1 rings (SSSR count). The second-order valence-electron chi connectivity index (χ2n) is 2.60. The molecule has 7 heteroatoms. The van der Waals surface area contributed by atoms with Gasteiger partial charge in [-0.1, -0.05) is 0 Å². The standard InChI is InChI=1S/C7H7FN2O3S/c1-14(9,13)7-3-2-5(10(11)12)4-6(7)8/h2-4H,1H2,(H2,9,13). The molecule has 0 heterocycles. The van der Waals surface area contributed by atoms with E-state index in [-0.39, 0.29) is 4.90 Å². The third-order valence-electron chi connectivity index (χ3n) is 1.50. The van der Waals surface area contributed by atoms with Gasteiger partial charge in [-0.15, -0.1) is 0 Å². The molecule has 1 aromatic rings. The van der Waals surface area contributed by atoms with Gasteiger partial charge in [-0.05, 0) is 11.9 Å². The summed E-state index contributed by atoms with van der Waals surface area (Å²) in [5.41, 5.74) is -0.421. The highest BCUT2D eigenvalue weighted by Crippen LogP contribution is 2.18. The highest BCUT2D eigenvalue weighted by atomic mass is 32.2. The quantitative estimate of drug-likeness (QED) is 0.450. The Bertz CT molecular complexity index is 484. The number of nitro benzene ring substituents is 1. The zero-order valence-corrected chi connectivity index (χ0v) is 7.79. The van der Waals surface area contributed by atoms with Gasteiger partial charge in [0.1, 0.15) is 5.82 Å². The van der Waals surface area contributed by atoms with Crippen molar-refractivity contribution < 1.29 is 13.5 Å². The van der Waals surface area contributed by atoms with E-state index in [0.29, 0.717) is 6.07 Å². The first kappa shape index (κ1) is 10.6. The molecule has 14 heavy (non-hydrogen) atoms. The largest absolute Gasteiger partial charge is 0.272 e. The summed E-state index contributed by atoms with van der Waals surface area (Å²) in [6.45, 7) is 0. The Morgan fingerprint density at radius 2 is 2.14 bits per heavy atom. The molecule has 0 saturated heterocycles. The van der Waals surface area contributed by atoms with E-state index in [9.17, 15) is 18.7 Å². The lowest BCUT2D eigenvalue weighted by Gasteiger charge is -2.03. The molecule has 1 unspecified atom stereocenters. The fourth-order valence-electron chi connectivity index (χ4n) is 0.884. The number of nitro groups is 1. The average Bonchev–Trinajstić information content (AvgIpc) is 2.01. The predicted octanol–water partition coefficient (Wildman–Crippen LogP) is 0.683. The molecule has 0 aliphatic rings. The monoisotopic (exact) mass is 218 g/mol. The van der Waals surface area contributed by atoms with Crippen molar-refractivity contribution in [2.75, 3.05) is 0 Å². The van der Waals surface area contributed by atoms with E-state index in [4.69, 9.17) is 5.14 Å².